The first-order valence-corrected chi connectivity index (χ1v) is 13.4. The van der Waals surface area contributed by atoms with Crippen LogP contribution in [0.4, 0.5) is 0 Å². The smallest absolute Gasteiger partial charge is 0.343 e. The van der Waals surface area contributed by atoms with Crippen molar-refractivity contribution >= 4 is 45.7 Å². The molecule has 3 heterocycles. The topological polar surface area (TPSA) is 101 Å². The van der Waals surface area contributed by atoms with E-state index in [4.69, 9.17) is 25.7 Å². The fourth-order valence-electron chi connectivity index (χ4n) is 4.84. The van der Waals surface area contributed by atoms with E-state index in [2.05, 4.69) is 14.4 Å². The predicted molar refractivity (Wildman–Crippen MR) is 162 cm³/mol. The number of carbonyl (C=O) groups excluding carboxylic acids is 1. The summed E-state index contributed by atoms with van der Waals surface area (Å²) in [6.45, 7) is 3.80. The maximum atomic E-state index is 13.6. The Labute approximate surface area is 245 Å². The van der Waals surface area contributed by atoms with Gasteiger partial charge in [-0.05, 0) is 80.6 Å². The number of aryl methyl sites for hydroxylation is 1. The van der Waals surface area contributed by atoms with Gasteiger partial charge in [0.25, 0.3) is 5.56 Å². The Morgan fingerprint density at radius 2 is 1.83 bits per heavy atom. The minimum Gasteiger partial charge on any atom is -0.482 e. The zero-order chi connectivity index (χ0) is 29.4. The average molecular weight is 581 g/mol. The lowest BCUT2D eigenvalue weighted by Crippen LogP contribution is -2.20. The lowest BCUT2D eigenvalue weighted by atomic mass is 10.2. The highest BCUT2D eigenvalue weighted by Gasteiger charge is 2.17. The number of para-hydroxylation sites is 1. The van der Waals surface area contributed by atoms with Crippen molar-refractivity contribution in [2.45, 2.75) is 13.8 Å². The lowest BCUT2D eigenvalue weighted by molar-refractivity contribution is -0.142. The van der Waals surface area contributed by atoms with Crippen molar-refractivity contribution in [1.82, 2.24) is 14.2 Å². The molecule has 0 bridgehead atoms. The molecule has 0 aliphatic heterocycles. The Morgan fingerprint density at radius 1 is 1.05 bits per heavy atom. The molecular formula is C32H25ClN4O5. The van der Waals surface area contributed by atoms with Gasteiger partial charge in [0.2, 0.25) is 5.82 Å². The zero-order valence-electron chi connectivity index (χ0n) is 23.0. The van der Waals surface area contributed by atoms with Crippen LogP contribution in [0.2, 0.25) is 5.02 Å². The molecule has 0 N–H and O–H groups in total. The fourth-order valence-corrected chi connectivity index (χ4v) is 5.02. The summed E-state index contributed by atoms with van der Waals surface area (Å²) in [6.07, 6.45) is 1.65. The molecule has 0 spiro atoms. The third-order valence-electron chi connectivity index (χ3n) is 6.91. The second kappa shape index (κ2) is 11.0. The van der Waals surface area contributed by atoms with E-state index in [9.17, 15) is 9.59 Å². The van der Waals surface area contributed by atoms with Crippen LogP contribution in [0.5, 0.6) is 5.75 Å². The molecule has 10 heteroatoms. The molecule has 0 saturated carbocycles. The van der Waals surface area contributed by atoms with Crippen LogP contribution in [0.15, 0.2) is 93.2 Å². The molecule has 0 unspecified atom stereocenters. The van der Waals surface area contributed by atoms with Crippen molar-refractivity contribution in [3.05, 3.63) is 111 Å². The van der Waals surface area contributed by atoms with Gasteiger partial charge in [0.05, 0.1) is 24.2 Å². The highest BCUT2D eigenvalue weighted by atomic mass is 35.5. The van der Waals surface area contributed by atoms with Crippen LogP contribution in [0.25, 0.3) is 39.1 Å². The molecule has 210 valence electrons. The van der Waals surface area contributed by atoms with E-state index in [1.807, 2.05) is 38.1 Å². The largest absolute Gasteiger partial charge is 0.482 e. The molecule has 0 amide bonds. The number of ether oxygens (including phenoxy) is 2. The van der Waals surface area contributed by atoms with Crippen molar-refractivity contribution in [2.75, 3.05) is 13.7 Å². The second-order valence-corrected chi connectivity index (χ2v) is 10.1. The maximum absolute atomic E-state index is 13.6. The molecule has 6 aromatic rings. The second-order valence-electron chi connectivity index (χ2n) is 9.63. The van der Waals surface area contributed by atoms with E-state index in [1.54, 1.807) is 60.8 Å². The quantitative estimate of drug-likeness (QED) is 0.162. The molecule has 0 saturated heterocycles. The predicted octanol–water partition coefficient (Wildman–Crippen LogP) is 6.30. The summed E-state index contributed by atoms with van der Waals surface area (Å²) >= 11 is 6.18. The fraction of sp³-hybridized carbons (Fsp3) is 0.125. The van der Waals surface area contributed by atoms with Crippen LogP contribution >= 0.6 is 11.6 Å². The number of carbonyl (C=O) groups is 1. The van der Waals surface area contributed by atoms with Crippen molar-refractivity contribution in [1.29, 1.82) is 0 Å². The standard InChI is InChI=1S/C32H25ClN4O5/c1-19-14-22(20(2)36(19)24-9-11-25(12-10-24)41-18-30(38)40-3)17-34-37-31(35-27-7-5-4-6-26(27)32(37)39)29-16-21-15-23(33)8-13-28(21)42-29/h4-17H,18H2,1-3H3. The summed E-state index contributed by atoms with van der Waals surface area (Å²) in [5.74, 6) is 0.775. The van der Waals surface area contributed by atoms with Gasteiger partial charge in [-0.3, -0.25) is 4.79 Å². The number of nitrogens with zero attached hydrogens (tertiary/aromatic N) is 4. The number of hydrogen-bond donors (Lipinski definition) is 0. The lowest BCUT2D eigenvalue weighted by Gasteiger charge is -2.11. The number of rotatable bonds is 7. The number of hydrogen-bond acceptors (Lipinski definition) is 7. The van der Waals surface area contributed by atoms with Gasteiger partial charge in [-0.1, -0.05) is 23.7 Å². The normalized spacial score (nSPS) is 11.5. The highest BCUT2D eigenvalue weighted by Crippen LogP contribution is 2.29. The molecule has 42 heavy (non-hydrogen) atoms. The van der Waals surface area contributed by atoms with Gasteiger partial charge in [0, 0.05) is 33.0 Å². The molecule has 0 aliphatic rings. The third-order valence-corrected chi connectivity index (χ3v) is 7.15. The number of aromatic nitrogens is 3. The molecular weight excluding hydrogens is 556 g/mol. The zero-order valence-corrected chi connectivity index (χ0v) is 23.8. The summed E-state index contributed by atoms with van der Waals surface area (Å²) in [5, 5.41) is 6.43. The third kappa shape index (κ3) is 5.06. The Kier molecular flexibility index (Phi) is 7.10. The Balaban J connectivity index is 1.39. The molecule has 9 nitrogen and oxygen atoms in total. The molecule has 0 radical (unpaired) electrons. The van der Waals surface area contributed by atoms with Crippen LogP contribution < -0.4 is 10.3 Å². The minimum absolute atomic E-state index is 0.162. The van der Waals surface area contributed by atoms with E-state index >= 15 is 0 Å². The van der Waals surface area contributed by atoms with E-state index in [0.717, 1.165) is 28.0 Å². The molecule has 6 rings (SSSR count). The molecule has 3 aromatic heterocycles. The SMILES string of the molecule is COC(=O)COc1ccc(-n2c(C)cc(C=Nn3c(-c4cc5cc(Cl)ccc5o4)nc4ccccc4c3=O)c2C)cc1. The average Bonchev–Trinajstić information content (AvgIpc) is 3.54. The van der Waals surface area contributed by atoms with Crippen molar-refractivity contribution in [3.63, 3.8) is 0 Å². The summed E-state index contributed by atoms with van der Waals surface area (Å²) in [5.41, 5.74) is 4.46. The van der Waals surface area contributed by atoms with Crippen LogP contribution in [0.1, 0.15) is 17.0 Å². The van der Waals surface area contributed by atoms with Gasteiger partial charge >= 0.3 is 5.97 Å². The number of benzene rings is 3. The summed E-state index contributed by atoms with van der Waals surface area (Å²) in [6, 6.07) is 23.6. The molecule has 0 aliphatic carbocycles. The molecule has 0 atom stereocenters. The van der Waals surface area contributed by atoms with E-state index in [-0.39, 0.29) is 18.0 Å². The van der Waals surface area contributed by atoms with Crippen molar-refractivity contribution in [3.8, 4) is 23.0 Å². The first-order chi connectivity index (χ1) is 20.3. The van der Waals surface area contributed by atoms with Crippen LogP contribution in [0, 0.1) is 13.8 Å². The molecule has 3 aromatic carbocycles. The monoisotopic (exact) mass is 580 g/mol. The maximum Gasteiger partial charge on any atom is 0.343 e. The van der Waals surface area contributed by atoms with Gasteiger partial charge in [-0.25, -0.2) is 9.78 Å². The van der Waals surface area contributed by atoms with Crippen LogP contribution in [-0.4, -0.2) is 40.1 Å². The number of halogens is 1. The van der Waals surface area contributed by atoms with E-state index in [0.29, 0.717) is 33.0 Å². The van der Waals surface area contributed by atoms with Gasteiger partial charge in [0.15, 0.2) is 12.4 Å². The van der Waals surface area contributed by atoms with Gasteiger partial charge in [-0.15, -0.1) is 0 Å². The van der Waals surface area contributed by atoms with Crippen LogP contribution in [0.3, 0.4) is 0 Å². The van der Waals surface area contributed by atoms with E-state index < -0.39 is 5.97 Å². The van der Waals surface area contributed by atoms with Gasteiger partial charge in [-0.2, -0.15) is 9.78 Å². The Bertz CT molecular complexity index is 2050. The summed E-state index contributed by atoms with van der Waals surface area (Å²) in [4.78, 5) is 29.8. The number of fused-ring (bicyclic) bond motifs is 2. The first kappa shape index (κ1) is 27.0. The number of esters is 1. The van der Waals surface area contributed by atoms with Gasteiger partial charge in [0.1, 0.15) is 11.3 Å². The Morgan fingerprint density at radius 3 is 2.62 bits per heavy atom. The van der Waals surface area contributed by atoms with Crippen molar-refractivity contribution < 1.29 is 18.7 Å². The van der Waals surface area contributed by atoms with Gasteiger partial charge < -0.3 is 18.5 Å². The highest BCUT2D eigenvalue weighted by molar-refractivity contribution is 6.31. The number of methoxy groups -OCH3 is 1. The first-order valence-electron chi connectivity index (χ1n) is 13.1. The Hall–Kier alpha value is -5.15. The summed E-state index contributed by atoms with van der Waals surface area (Å²) < 4.78 is 19.5. The summed E-state index contributed by atoms with van der Waals surface area (Å²) in [7, 11) is 1.32. The van der Waals surface area contributed by atoms with E-state index in [1.165, 1.54) is 11.8 Å². The number of furan rings is 1. The van der Waals surface area contributed by atoms with Crippen LogP contribution in [-0.2, 0) is 9.53 Å². The molecule has 0 fully saturated rings. The van der Waals surface area contributed by atoms with Crippen molar-refractivity contribution in [2.24, 2.45) is 5.10 Å². The minimum atomic E-state index is -0.450.